The number of carboxylic acid groups (broad SMARTS) is 1. The number of fused-ring (bicyclic) bond motifs is 1. The monoisotopic (exact) mass is 351 g/mol. The molecule has 1 aliphatic heterocycles. The summed E-state index contributed by atoms with van der Waals surface area (Å²) in [5, 5.41) is 16.4. The number of hydrogen-bond donors (Lipinski definition) is 2. The largest absolute Gasteiger partial charge is 0.465 e. The third-order valence-electron chi connectivity index (χ3n) is 4.04. The standard InChI is InChI=1S/C15H18ClN5O3/c1-19-2-4-20(5-3-19)14(22)9-21-8-10-6-13(17-15(23)24)11(16)7-12(10)18-21/h6-8,17H,2-5,9H2,1H3,(H,23,24). The maximum Gasteiger partial charge on any atom is 0.409 e. The summed E-state index contributed by atoms with van der Waals surface area (Å²) in [5.74, 6) is 0.0193. The van der Waals surface area contributed by atoms with Gasteiger partial charge in [-0.2, -0.15) is 5.10 Å². The van der Waals surface area contributed by atoms with Crippen LogP contribution in [0, 0.1) is 0 Å². The van der Waals surface area contributed by atoms with Crippen LogP contribution in [0.3, 0.4) is 0 Å². The van der Waals surface area contributed by atoms with Gasteiger partial charge in [0, 0.05) is 37.8 Å². The van der Waals surface area contributed by atoms with Gasteiger partial charge in [0.15, 0.2) is 0 Å². The number of likely N-dealkylation sites (N-methyl/N-ethyl adjacent to an activating group) is 1. The molecule has 1 aromatic heterocycles. The fourth-order valence-electron chi connectivity index (χ4n) is 2.68. The Bertz CT molecular complexity index is 783. The van der Waals surface area contributed by atoms with Crippen molar-refractivity contribution in [1.82, 2.24) is 19.6 Å². The number of benzene rings is 1. The Kier molecular flexibility index (Phi) is 4.59. The Labute approximate surface area is 143 Å². The molecule has 128 valence electrons. The third-order valence-corrected chi connectivity index (χ3v) is 4.35. The molecule has 0 saturated carbocycles. The lowest BCUT2D eigenvalue weighted by atomic mass is 10.2. The van der Waals surface area contributed by atoms with Crippen molar-refractivity contribution in [2.45, 2.75) is 6.54 Å². The summed E-state index contributed by atoms with van der Waals surface area (Å²) in [5.41, 5.74) is 0.906. The number of amides is 2. The molecule has 0 atom stereocenters. The first kappa shape index (κ1) is 16.5. The van der Waals surface area contributed by atoms with Gasteiger partial charge in [-0.1, -0.05) is 11.6 Å². The minimum atomic E-state index is -1.19. The number of carbonyl (C=O) groups excluding carboxylic acids is 1. The fourth-order valence-corrected chi connectivity index (χ4v) is 2.89. The molecule has 3 rings (SSSR count). The summed E-state index contributed by atoms with van der Waals surface area (Å²) in [4.78, 5) is 27.1. The number of aromatic nitrogens is 2. The molecule has 0 radical (unpaired) electrons. The van der Waals surface area contributed by atoms with Crippen molar-refractivity contribution in [1.29, 1.82) is 0 Å². The van der Waals surface area contributed by atoms with Crippen LogP contribution < -0.4 is 5.32 Å². The van der Waals surface area contributed by atoms with Crippen molar-refractivity contribution < 1.29 is 14.7 Å². The quantitative estimate of drug-likeness (QED) is 0.875. The van der Waals surface area contributed by atoms with Crippen LogP contribution in [0.15, 0.2) is 18.3 Å². The zero-order valence-electron chi connectivity index (χ0n) is 13.2. The summed E-state index contributed by atoms with van der Waals surface area (Å²) in [6.07, 6.45) is 0.529. The molecule has 24 heavy (non-hydrogen) atoms. The van der Waals surface area contributed by atoms with Gasteiger partial charge in [-0.15, -0.1) is 0 Å². The summed E-state index contributed by atoms with van der Waals surface area (Å²) in [6.45, 7) is 3.32. The predicted octanol–water partition coefficient (Wildman–Crippen LogP) is 1.55. The lowest BCUT2D eigenvalue weighted by Gasteiger charge is -2.32. The molecule has 1 aromatic carbocycles. The van der Waals surface area contributed by atoms with Gasteiger partial charge >= 0.3 is 6.09 Å². The van der Waals surface area contributed by atoms with E-state index in [2.05, 4.69) is 15.3 Å². The highest BCUT2D eigenvalue weighted by Crippen LogP contribution is 2.27. The summed E-state index contributed by atoms with van der Waals surface area (Å²) in [7, 11) is 2.04. The van der Waals surface area contributed by atoms with Crippen LogP contribution in [0.1, 0.15) is 0 Å². The number of rotatable bonds is 3. The normalized spacial score (nSPS) is 15.7. The maximum absolute atomic E-state index is 12.4. The molecule has 0 spiro atoms. The number of nitrogens with one attached hydrogen (secondary N) is 1. The van der Waals surface area contributed by atoms with Gasteiger partial charge in [-0.25, -0.2) is 4.79 Å². The molecule has 0 unspecified atom stereocenters. The fraction of sp³-hybridized carbons (Fsp3) is 0.400. The van der Waals surface area contributed by atoms with Crippen molar-refractivity contribution in [3.05, 3.63) is 23.4 Å². The van der Waals surface area contributed by atoms with E-state index in [0.29, 0.717) is 29.7 Å². The first-order valence-electron chi connectivity index (χ1n) is 7.55. The topological polar surface area (TPSA) is 90.7 Å². The Morgan fingerprint density at radius 3 is 2.67 bits per heavy atom. The second-order valence-electron chi connectivity index (χ2n) is 5.83. The van der Waals surface area contributed by atoms with E-state index in [1.54, 1.807) is 23.0 Å². The SMILES string of the molecule is CN1CCN(C(=O)Cn2cc3cc(NC(=O)O)c(Cl)cc3n2)CC1. The summed E-state index contributed by atoms with van der Waals surface area (Å²) < 4.78 is 1.56. The molecule has 2 heterocycles. The Balaban J connectivity index is 1.75. The van der Waals surface area contributed by atoms with Gasteiger partial charge in [0.2, 0.25) is 5.91 Å². The maximum atomic E-state index is 12.4. The van der Waals surface area contributed by atoms with Crippen molar-refractivity contribution in [3.8, 4) is 0 Å². The highest BCUT2D eigenvalue weighted by Gasteiger charge is 2.19. The van der Waals surface area contributed by atoms with Crippen molar-refractivity contribution in [2.75, 3.05) is 38.5 Å². The van der Waals surface area contributed by atoms with Gasteiger partial charge in [-0.3, -0.25) is 14.8 Å². The van der Waals surface area contributed by atoms with Crippen LogP contribution in [-0.4, -0.2) is 69.9 Å². The second-order valence-corrected chi connectivity index (χ2v) is 6.24. The van der Waals surface area contributed by atoms with E-state index in [1.165, 1.54) is 0 Å². The van der Waals surface area contributed by atoms with Crippen LogP contribution in [-0.2, 0) is 11.3 Å². The summed E-state index contributed by atoms with van der Waals surface area (Å²) in [6, 6.07) is 3.19. The first-order valence-corrected chi connectivity index (χ1v) is 7.93. The number of nitrogens with zero attached hydrogens (tertiary/aromatic N) is 4. The van der Waals surface area contributed by atoms with Crippen molar-refractivity contribution in [2.24, 2.45) is 0 Å². The minimum Gasteiger partial charge on any atom is -0.465 e. The van der Waals surface area contributed by atoms with Gasteiger partial charge in [0.1, 0.15) is 6.54 Å². The zero-order valence-corrected chi connectivity index (χ0v) is 14.0. The van der Waals surface area contributed by atoms with Gasteiger partial charge in [0.05, 0.1) is 16.2 Å². The highest BCUT2D eigenvalue weighted by molar-refractivity contribution is 6.34. The van der Waals surface area contributed by atoms with Gasteiger partial charge in [0.25, 0.3) is 0 Å². The molecular weight excluding hydrogens is 334 g/mol. The number of carbonyl (C=O) groups is 2. The van der Waals surface area contributed by atoms with Gasteiger partial charge in [-0.05, 0) is 19.2 Å². The van der Waals surface area contributed by atoms with E-state index in [-0.39, 0.29) is 17.5 Å². The van der Waals surface area contributed by atoms with Crippen LogP contribution in [0.4, 0.5) is 10.5 Å². The number of halogens is 1. The van der Waals surface area contributed by atoms with E-state index in [9.17, 15) is 9.59 Å². The average molecular weight is 352 g/mol. The molecule has 9 heteroatoms. The van der Waals surface area contributed by atoms with E-state index in [1.807, 2.05) is 11.9 Å². The molecule has 8 nitrogen and oxygen atoms in total. The molecule has 1 aliphatic rings. The Hall–Kier alpha value is -2.32. The average Bonchev–Trinajstić information content (AvgIpc) is 2.88. The lowest BCUT2D eigenvalue weighted by molar-refractivity contribution is -0.133. The number of piperazine rings is 1. The van der Waals surface area contributed by atoms with Crippen molar-refractivity contribution >= 4 is 40.2 Å². The van der Waals surface area contributed by atoms with E-state index in [4.69, 9.17) is 16.7 Å². The van der Waals surface area contributed by atoms with Crippen LogP contribution in [0.2, 0.25) is 5.02 Å². The summed E-state index contributed by atoms with van der Waals surface area (Å²) >= 11 is 6.04. The number of hydrogen-bond acceptors (Lipinski definition) is 4. The van der Waals surface area contributed by atoms with E-state index >= 15 is 0 Å². The molecule has 2 N–H and O–H groups in total. The van der Waals surface area contributed by atoms with Crippen LogP contribution in [0.5, 0.6) is 0 Å². The highest BCUT2D eigenvalue weighted by atomic mass is 35.5. The molecule has 1 fully saturated rings. The van der Waals surface area contributed by atoms with Gasteiger partial charge < -0.3 is 14.9 Å². The molecular formula is C15H18ClN5O3. The Morgan fingerprint density at radius 2 is 2.00 bits per heavy atom. The second kappa shape index (κ2) is 6.66. The lowest BCUT2D eigenvalue weighted by Crippen LogP contribution is -2.48. The van der Waals surface area contributed by atoms with Crippen LogP contribution in [0.25, 0.3) is 10.9 Å². The predicted molar refractivity (Wildman–Crippen MR) is 90.5 cm³/mol. The molecule has 2 aromatic rings. The third kappa shape index (κ3) is 3.60. The van der Waals surface area contributed by atoms with Crippen molar-refractivity contribution in [3.63, 3.8) is 0 Å². The van der Waals surface area contributed by atoms with Crippen LogP contribution >= 0.6 is 11.6 Å². The van der Waals surface area contributed by atoms with E-state index < -0.39 is 6.09 Å². The smallest absolute Gasteiger partial charge is 0.409 e. The minimum absolute atomic E-state index is 0.0193. The Morgan fingerprint density at radius 1 is 1.29 bits per heavy atom. The molecule has 0 aliphatic carbocycles. The first-order chi connectivity index (χ1) is 11.4. The number of anilines is 1. The molecule has 0 bridgehead atoms. The zero-order chi connectivity index (χ0) is 17.3. The van der Waals surface area contributed by atoms with E-state index in [0.717, 1.165) is 13.1 Å². The molecule has 2 amide bonds. The molecule has 1 saturated heterocycles.